The van der Waals surface area contributed by atoms with Crippen molar-refractivity contribution in [3.8, 4) is 17.3 Å². The monoisotopic (exact) mass is 291 g/mol. The molecular formula is C14H11Cl2N3. The van der Waals surface area contributed by atoms with Crippen molar-refractivity contribution >= 4 is 29.0 Å². The van der Waals surface area contributed by atoms with Gasteiger partial charge in [-0.15, -0.1) is 0 Å². The fraction of sp³-hybridized carbons (Fsp3) is 0.143. The number of nitrogens with zero attached hydrogens (tertiary/aromatic N) is 2. The average molecular weight is 292 g/mol. The number of benzene rings is 1. The highest BCUT2D eigenvalue weighted by Crippen LogP contribution is 2.32. The molecule has 2 rings (SSSR count). The normalized spacial score (nSPS) is 10.0. The molecule has 19 heavy (non-hydrogen) atoms. The lowest BCUT2D eigenvalue weighted by molar-refractivity contribution is 1.16. The van der Waals surface area contributed by atoms with E-state index in [0.29, 0.717) is 33.7 Å². The second-order valence-corrected chi connectivity index (χ2v) is 4.69. The fourth-order valence-corrected chi connectivity index (χ4v) is 2.23. The van der Waals surface area contributed by atoms with E-state index >= 15 is 0 Å². The van der Waals surface area contributed by atoms with Gasteiger partial charge in [-0.3, -0.25) is 0 Å². The summed E-state index contributed by atoms with van der Waals surface area (Å²) in [4.78, 5) is 4.42. The minimum absolute atomic E-state index is 0.460. The number of hydrogen-bond acceptors (Lipinski definition) is 3. The van der Waals surface area contributed by atoms with E-state index in [1.807, 2.05) is 13.0 Å². The first-order chi connectivity index (χ1) is 9.15. The van der Waals surface area contributed by atoms with E-state index in [-0.39, 0.29) is 0 Å². The van der Waals surface area contributed by atoms with Gasteiger partial charge in [0, 0.05) is 12.1 Å². The van der Waals surface area contributed by atoms with Crippen LogP contribution in [0, 0.1) is 11.3 Å². The van der Waals surface area contributed by atoms with Crippen LogP contribution in [0.15, 0.2) is 30.3 Å². The van der Waals surface area contributed by atoms with E-state index in [0.717, 1.165) is 5.56 Å². The number of pyridine rings is 1. The van der Waals surface area contributed by atoms with Crippen LogP contribution in [0.4, 0.5) is 5.82 Å². The lowest BCUT2D eigenvalue weighted by Gasteiger charge is -2.10. The lowest BCUT2D eigenvalue weighted by Crippen LogP contribution is -2.01. The second kappa shape index (κ2) is 5.92. The van der Waals surface area contributed by atoms with Crippen LogP contribution in [0.3, 0.4) is 0 Å². The summed E-state index contributed by atoms with van der Waals surface area (Å²) in [7, 11) is 0. The third-order valence-corrected chi connectivity index (χ3v) is 3.12. The third-order valence-electron chi connectivity index (χ3n) is 2.54. The van der Waals surface area contributed by atoms with Crippen molar-refractivity contribution < 1.29 is 0 Å². The molecule has 0 aliphatic rings. The highest BCUT2D eigenvalue weighted by Gasteiger charge is 2.11. The number of anilines is 1. The fourth-order valence-electron chi connectivity index (χ4n) is 1.70. The van der Waals surface area contributed by atoms with Crippen molar-refractivity contribution in [2.75, 3.05) is 11.9 Å². The maximum atomic E-state index is 8.92. The quantitative estimate of drug-likeness (QED) is 0.914. The molecule has 1 aromatic carbocycles. The van der Waals surface area contributed by atoms with E-state index in [9.17, 15) is 0 Å². The molecular weight excluding hydrogens is 281 g/mol. The number of aromatic nitrogens is 1. The molecule has 0 fully saturated rings. The summed E-state index contributed by atoms with van der Waals surface area (Å²) in [5.41, 5.74) is 1.97. The van der Waals surface area contributed by atoms with Crippen molar-refractivity contribution in [2.24, 2.45) is 0 Å². The van der Waals surface area contributed by atoms with Gasteiger partial charge in [-0.2, -0.15) is 5.26 Å². The zero-order valence-corrected chi connectivity index (χ0v) is 11.8. The Balaban J connectivity index is 2.55. The highest BCUT2D eigenvalue weighted by molar-refractivity contribution is 6.37. The Bertz CT molecular complexity index is 648. The zero-order valence-electron chi connectivity index (χ0n) is 10.2. The Hall–Kier alpha value is -1.76. The number of rotatable bonds is 3. The van der Waals surface area contributed by atoms with E-state index in [4.69, 9.17) is 28.5 Å². The van der Waals surface area contributed by atoms with Crippen LogP contribution in [0.25, 0.3) is 11.3 Å². The lowest BCUT2D eigenvalue weighted by atomic mass is 10.1. The minimum Gasteiger partial charge on any atom is -0.369 e. The van der Waals surface area contributed by atoms with Gasteiger partial charge in [-0.05, 0) is 25.1 Å². The predicted molar refractivity (Wildman–Crippen MR) is 78.6 cm³/mol. The summed E-state index contributed by atoms with van der Waals surface area (Å²) < 4.78 is 0. The highest BCUT2D eigenvalue weighted by atomic mass is 35.5. The maximum Gasteiger partial charge on any atom is 0.145 e. The molecule has 0 atom stereocenters. The van der Waals surface area contributed by atoms with Gasteiger partial charge in [0.05, 0.1) is 27.4 Å². The molecule has 0 saturated carbocycles. The van der Waals surface area contributed by atoms with Crippen LogP contribution in [0.2, 0.25) is 10.0 Å². The number of hydrogen-bond donors (Lipinski definition) is 1. The molecule has 2 aromatic rings. The van der Waals surface area contributed by atoms with Crippen molar-refractivity contribution in [1.29, 1.82) is 5.26 Å². The number of nitriles is 1. The molecule has 1 aromatic heterocycles. The van der Waals surface area contributed by atoms with Gasteiger partial charge >= 0.3 is 0 Å². The standard InChI is InChI=1S/C14H11Cl2N3/c1-2-18-14-12(16)7-11(15)13(19-14)10-5-3-4-9(6-10)8-17/h3-7H,2H2,1H3,(H,18,19). The Morgan fingerprint density at radius 1 is 1.26 bits per heavy atom. The first kappa shape index (κ1) is 13.7. The van der Waals surface area contributed by atoms with Gasteiger partial charge < -0.3 is 5.32 Å². The van der Waals surface area contributed by atoms with E-state index < -0.39 is 0 Å². The first-order valence-corrected chi connectivity index (χ1v) is 6.51. The van der Waals surface area contributed by atoms with Gasteiger partial charge in [-0.1, -0.05) is 35.3 Å². The van der Waals surface area contributed by atoms with Crippen molar-refractivity contribution in [1.82, 2.24) is 4.98 Å². The van der Waals surface area contributed by atoms with E-state index in [1.165, 1.54) is 0 Å². The molecule has 0 bridgehead atoms. The smallest absolute Gasteiger partial charge is 0.145 e. The van der Waals surface area contributed by atoms with Crippen LogP contribution >= 0.6 is 23.2 Å². The van der Waals surface area contributed by atoms with Crippen LogP contribution in [-0.2, 0) is 0 Å². The molecule has 0 spiro atoms. The molecule has 0 aliphatic heterocycles. The molecule has 5 heteroatoms. The van der Waals surface area contributed by atoms with Crippen LogP contribution in [-0.4, -0.2) is 11.5 Å². The van der Waals surface area contributed by atoms with Gasteiger partial charge in [0.1, 0.15) is 5.82 Å². The van der Waals surface area contributed by atoms with E-state index in [2.05, 4.69) is 16.4 Å². The summed E-state index contributed by atoms with van der Waals surface area (Å²) in [6.07, 6.45) is 0. The minimum atomic E-state index is 0.460. The van der Waals surface area contributed by atoms with Crippen LogP contribution in [0.5, 0.6) is 0 Å². The summed E-state index contributed by atoms with van der Waals surface area (Å²) >= 11 is 12.2. The predicted octanol–water partition coefficient (Wildman–Crippen LogP) is 4.36. The van der Waals surface area contributed by atoms with Crippen molar-refractivity contribution in [3.63, 3.8) is 0 Å². The molecule has 0 radical (unpaired) electrons. The van der Waals surface area contributed by atoms with Crippen LogP contribution in [0.1, 0.15) is 12.5 Å². The summed E-state index contributed by atoms with van der Waals surface area (Å²) in [6.45, 7) is 2.68. The Morgan fingerprint density at radius 2 is 2.05 bits per heavy atom. The first-order valence-electron chi connectivity index (χ1n) is 5.76. The molecule has 0 unspecified atom stereocenters. The van der Waals surface area contributed by atoms with E-state index in [1.54, 1.807) is 24.3 Å². The molecule has 3 nitrogen and oxygen atoms in total. The maximum absolute atomic E-state index is 8.92. The van der Waals surface area contributed by atoms with Crippen molar-refractivity contribution in [3.05, 3.63) is 45.9 Å². The summed E-state index contributed by atoms with van der Waals surface area (Å²) in [5, 5.41) is 12.9. The Kier molecular flexibility index (Phi) is 4.26. The number of nitrogens with one attached hydrogen (secondary N) is 1. The molecule has 0 amide bonds. The number of halogens is 2. The SMILES string of the molecule is CCNc1nc(-c2cccc(C#N)c2)c(Cl)cc1Cl. The van der Waals surface area contributed by atoms with Crippen LogP contribution < -0.4 is 5.32 Å². The van der Waals surface area contributed by atoms with Gasteiger partial charge in [0.2, 0.25) is 0 Å². The topological polar surface area (TPSA) is 48.7 Å². The Morgan fingerprint density at radius 3 is 2.74 bits per heavy atom. The second-order valence-electron chi connectivity index (χ2n) is 3.87. The molecule has 1 heterocycles. The third kappa shape index (κ3) is 2.98. The summed E-state index contributed by atoms with van der Waals surface area (Å²) in [6, 6.07) is 10.9. The largest absolute Gasteiger partial charge is 0.369 e. The van der Waals surface area contributed by atoms with Gasteiger partial charge in [-0.25, -0.2) is 4.98 Å². The van der Waals surface area contributed by atoms with Gasteiger partial charge in [0.15, 0.2) is 0 Å². The average Bonchev–Trinajstić information content (AvgIpc) is 2.42. The molecule has 0 aliphatic carbocycles. The molecule has 1 N–H and O–H groups in total. The van der Waals surface area contributed by atoms with Crippen molar-refractivity contribution in [2.45, 2.75) is 6.92 Å². The zero-order chi connectivity index (χ0) is 13.8. The molecule has 96 valence electrons. The summed E-state index contributed by atoms with van der Waals surface area (Å²) in [5.74, 6) is 0.589. The molecule has 0 saturated heterocycles. The van der Waals surface area contributed by atoms with Gasteiger partial charge in [0.25, 0.3) is 0 Å². The Labute approximate surface area is 121 Å².